The molecule has 0 spiro atoms. The lowest BCUT2D eigenvalue weighted by molar-refractivity contribution is -0.151. The summed E-state index contributed by atoms with van der Waals surface area (Å²) in [5, 5.41) is 0. The van der Waals surface area contributed by atoms with Crippen molar-refractivity contribution in [1.29, 1.82) is 0 Å². The van der Waals surface area contributed by atoms with E-state index in [1.807, 2.05) is 19.1 Å². The van der Waals surface area contributed by atoms with Crippen LogP contribution in [0.2, 0.25) is 0 Å². The molecule has 2 atom stereocenters. The van der Waals surface area contributed by atoms with Crippen molar-refractivity contribution < 1.29 is 14.3 Å². The number of ether oxygens (including phenoxy) is 2. The van der Waals surface area contributed by atoms with E-state index in [0.717, 1.165) is 31.4 Å². The predicted octanol–water partition coefficient (Wildman–Crippen LogP) is 2.61. The lowest BCUT2D eigenvalue weighted by atomic mass is 9.89. The third-order valence-corrected chi connectivity index (χ3v) is 3.82. The number of hydrogen-bond acceptors (Lipinski definition) is 4. The smallest absolute Gasteiger partial charge is 0.347 e. The van der Waals surface area contributed by atoms with E-state index in [1.54, 1.807) is 6.92 Å². The number of rotatable bonds is 6. The zero-order valence-electron chi connectivity index (χ0n) is 12.9. The monoisotopic (exact) mass is 291 g/mol. The van der Waals surface area contributed by atoms with Crippen LogP contribution in [0.3, 0.4) is 0 Å². The van der Waals surface area contributed by atoms with Gasteiger partial charge in [-0.3, -0.25) is 0 Å². The number of carbonyl (C=O) groups is 1. The van der Waals surface area contributed by atoms with Crippen LogP contribution in [0.1, 0.15) is 44.2 Å². The van der Waals surface area contributed by atoms with Crippen molar-refractivity contribution in [2.24, 2.45) is 5.73 Å². The standard InChI is InChI=1S/C17H25NO3/c1-3-5-16(17(19)20-4-2)21-15-9-7-12-6-8-14(18)10-13(12)11-15/h7,9,11,14,16H,3-6,8,10,18H2,1-2H3. The number of fused-ring (bicyclic) bond motifs is 1. The van der Waals surface area contributed by atoms with Gasteiger partial charge in [-0.2, -0.15) is 0 Å². The maximum atomic E-state index is 11.9. The highest BCUT2D eigenvalue weighted by molar-refractivity contribution is 5.75. The Hall–Kier alpha value is -1.55. The van der Waals surface area contributed by atoms with Gasteiger partial charge in [0, 0.05) is 6.04 Å². The average molecular weight is 291 g/mol. The molecular weight excluding hydrogens is 266 g/mol. The molecule has 0 saturated heterocycles. The highest BCUT2D eigenvalue weighted by Gasteiger charge is 2.22. The molecule has 116 valence electrons. The van der Waals surface area contributed by atoms with Crippen molar-refractivity contribution in [3.8, 4) is 5.75 Å². The van der Waals surface area contributed by atoms with Crippen molar-refractivity contribution in [2.45, 2.75) is 58.1 Å². The fourth-order valence-electron chi connectivity index (χ4n) is 2.72. The van der Waals surface area contributed by atoms with Crippen LogP contribution in [0.5, 0.6) is 5.75 Å². The lowest BCUT2D eigenvalue weighted by Crippen LogP contribution is -2.30. The fourth-order valence-corrected chi connectivity index (χ4v) is 2.72. The number of carbonyl (C=O) groups excluding carboxylic acids is 1. The highest BCUT2D eigenvalue weighted by atomic mass is 16.6. The Morgan fingerprint density at radius 2 is 2.19 bits per heavy atom. The first-order valence-electron chi connectivity index (χ1n) is 7.84. The van der Waals surface area contributed by atoms with E-state index in [1.165, 1.54) is 11.1 Å². The summed E-state index contributed by atoms with van der Waals surface area (Å²) in [6.45, 7) is 4.21. The van der Waals surface area contributed by atoms with Gasteiger partial charge in [0.05, 0.1) is 6.61 Å². The normalized spacial score (nSPS) is 18.7. The van der Waals surface area contributed by atoms with Crippen molar-refractivity contribution in [3.05, 3.63) is 29.3 Å². The number of hydrogen-bond donors (Lipinski definition) is 1. The molecule has 0 radical (unpaired) electrons. The molecule has 2 unspecified atom stereocenters. The van der Waals surface area contributed by atoms with Gasteiger partial charge in [-0.1, -0.05) is 19.4 Å². The minimum atomic E-state index is -0.523. The molecule has 1 aliphatic carbocycles. The SMILES string of the molecule is CCCC(Oc1ccc2c(c1)CC(N)CC2)C(=O)OCC. The minimum absolute atomic E-state index is 0.226. The van der Waals surface area contributed by atoms with Gasteiger partial charge in [-0.25, -0.2) is 4.79 Å². The molecule has 1 aliphatic rings. The Labute approximate surface area is 126 Å². The van der Waals surface area contributed by atoms with E-state index in [9.17, 15) is 4.79 Å². The van der Waals surface area contributed by atoms with E-state index in [-0.39, 0.29) is 12.0 Å². The molecule has 0 saturated carbocycles. The molecule has 1 aromatic carbocycles. The number of benzene rings is 1. The minimum Gasteiger partial charge on any atom is -0.479 e. The molecule has 0 bridgehead atoms. The lowest BCUT2D eigenvalue weighted by Gasteiger charge is -2.23. The summed E-state index contributed by atoms with van der Waals surface area (Å²) in [6, 6.07) is 6.28. The predicted molar refractivity (Wildman–Crippen MR) is 82.4 cm³/mol. The van der Waals surface area contributed by atoms with Crippen LogP contribution in [0, 0.1) is 0 Å². The van der Waals surface area contributed by atoms with Crippen molar-refractivity contribution >= 4 is 5.97 Å². The topological polar surface area (TPSA) is 61.5 Å². The average Bonchev–Trinajstić information content (AvgIpc) is 2.46. The van der Waals surface area contributed by atoms with Crippen LogP contribution >= 0.6 is 0 Å². The first-order valence-corrected chi connectivity index (χ1v) is 7.84. The van der Waals surface area contributed by atoms with Crippen LogP contribution in [-0.4, -0.2) is 24.7 Å². The first-order chi connectivity index (χ1) is 10.1. The first kappa shape index (κ1) is 15.8. The fraction of sp³-hybridized carbons (Fsp3) is 0.588. The summed E-state index contributed by atoms with van der Waals surface area (Å²) >= 11 is 0. The van der Waals surface area contributed by atoms with E-state index >= 15 is 0 Å². The second kappa shape index (κ2) is 7.46. The zero-order chi connectivity index (χ0) is 15.2. The molecule has 2 rings (SSSR count). The molecule has 0 amide bonds. The van der Waals surface area contributed by atoms with E-state index < -0.39 is 6.10 Å². The largest absolute Gasteiger partial charge is 0.479 e. The van der Waals surface area contributed by atoms with Crippen LogP contribution < -0.4 is 10.5 Å². The molecule has 4 nitrogen and oxygen atoms in total. The zero-order valence-corrected chi connectivity index (χ0v) is 12.9. The number of aryl methyl sites for hydroxylation is 1. The maximum Gasteiger partial charge on any atom is 0.347 e. The molecule has 2 N–H and O–H groups in total. The van der Waals surface area contributed by atoms with E-state index in [4.69, 9.17) is 15.2 Å². The Morgan fingerprint density at radius 1 is 1.38 bits per heavy atom. The summed E-state index contributed by atoms with van der Waals surface area (Å²) in [6.07, 6.45) is 3.95. The van der Waals surface area contributed by atoms with Gasteiger partial charge in [0.25, 0.3) is 0 Å². The van der Waals surface area contributed by atoms with Crippen molar-refractivity contribution in [1.82, 2.24) is 0 Å². The number of esters is 1. The molecule has 21 heavy (non-hydrogen) atoms. The molecule has 0 heterocycles. The summed E-state index contributed by atoms with van der Waals surface area (Å²) < 4.78 is 10.9. The molecule has 4 heteroatoms. The van der Waals surface area contributed by atoms with Gasteiger partial charge >= 0.3 is 5.97 Å². The molecule has 0 aromatic heterocycles. The highest BCUT2D eigenvalue weighted by Crippen LogP contribution is 2.26. The van der Waals surface area contributed by atoms with Gasteiger partial charge < -0.3 is 15.2 Å². The second-order valence-corrected chi connectivity index (χ2v) is 5.58. The van der Waals surface area contributed by atoms with Gasteiger partial charge in [0.1, 0.15) is 5.75 Å². The van der Waals surface area contributed by atoms with Gasteiger partial charge in [-0.15, -0.1) is 0 Å². The molecular formula is C17H25NO3. The molecule has 0 aliphatic heterocycles. The van der Waals surface area contributed by atoms with Crippen molar-refractivity contribution in [2.75, 3.05) is 6.61 Å². The summed E-state index contributed by atoms with van der Waals surface area (Å²) in [5.41, 5.74) is 8.60. The molecule has 0 fully saturated rings. The maximum absolute atomic E-state index is 11.9. The Kier molecular flexibility index (Phi) is 5.62. The third-order valence-electron chi connectivity index (χ3n) is 3.82. The van der Waals surface area contributed by atoms with Gasteiger partial charge in [0.15, 0.2) is 6.10 Å². The van der Waals surface area contributed by atoms with E-state index in [2.05, 4.69) is 6.07 Å². The van der Waals surface area contributed by atoms with Crippen LogP contribution in [0.15, 0.2) is 18.2 Å². The van der Waals surface area contributed by atoms with Crippen LogP contribution in [0.25, 0.3) is 0 Å². The second-order valence-electron chi connectivity index (χ2n) is 5.58. The summed E-state index contributed by atoms with van der Waals surface area (Å²) in [7, 11) is 0. The molecule has 1 aromatic rings. The number of nitrogens with two attached hydrogens (primary N) is 1. The van der Waals surface area contributed by atoms with Crippen LogP contribution in [0.4, 0.5) is 0 Å². The quantitative estimate of drug-likeness (QED) is 0.818. The van der Waals surface area contributed by atoms with Crippen LogP contribution in [-0.2, 0) is 22.4 Å². The van der Waals surface area contributed by atoms with Crippen molar-refractivity contribution in [3.63, 3.8) is 0 Å². The van der Waals surface area contributed by atoms with E-state index in [0.29, 0.717) is 13.0 Å². The van der Waals surface area contributed by atoms with Gasteiger partial charge in [-0.05, 0) is 55.9 Å². The Morgan fingerprint density at radius 3 is 2.90 bits per heavy atom. The summed E-state index contributed by atoms with van der Waals surface area (Å²) in [5.74, 6) is 0.447. The third kappa shape index (κ3) is 4.21. The van der Waals surface area contributed by atoms with Gasteiger partial charge in [0.2, 0.25) is 0 Å². The Bertz CT molecular complexity index is 487. The summed E-state index contributed by atoms with van der Waals surface area (Å²) in [4.78, 5) is 11.9. The Balaban J connectivity index is 2.10.